The Morgan fingerprint density at radius 3 is 2.78 bits per heavy atom. The normalized spacial score (nSPS) is 12.1. The summed E-state index contributed by atoms with van der Waals surface area (Å²) in [5.41, 5.74) is 1.13. The van der Waals surface area contributed by atoms with Crippen LogP contribution in [-0.2, 0) is 0 Å². The van der Waals surface area contributed by atoms with Crippen LogP contribution in [0.4, 0.5) is 0 Å². The number of nitrogens with zero attached hydrogens (tertiary/aromatic N) is 2. The molecule has 1 N–H and O–H groups in total. The van der Waals surface area contributed by atoms with Crippen LogP contribution in [-0.4, -0.2) is 15.5 Å². The fourth-order valence-corrected chi connectivity index (χ4v) is 2.21. The first-order chi connectivity index (χ1) is 8.81. The standard InChI is InChI=1S/C13H15N3OS/c1-2-6-11(10-7-4-3-5-8-10)15-13(17)12-9-14-16-18-12/h3-5,7-9,11H,2,6H2,1H3,(H,15,17)/t11-/m0/s1. The Kier molecular flexibility index (Phi) is 4.41. The van der Waals surface area contributed by atoms with Crippen molar-refractivity contribution in [3.63, 3.8) is 0 Å². The lowest BCUT2D eigenvalue weighted by Crippen LogP contribution is -2.27. The molecule has 18 heavy (non-hydrogen) atoms. The second-order valence-electron chi connectivity index (χ2n) is 4.01. The molecule has 1 aromatic carbocycles. The number of hydrogen-bond donors (Lipinski definition) is 1. The third-order valence-electron chi connectivity index (χ3n) is 2.67. The summed E-state index contributed by atoms with van der Waals surface area (Å²) in [6.07, 6.45) is 3.43. The topological polar surface area (TPSA) is 54.9 Å². The zero-order valence-electron chi connectivity index (χ0n) is 10.2. The second kappa shape index (κ2) is 6.26. The SMILES string of the molecule is CCC[C@H](NC(=O)c1cnns1)c1ccccc1. The molecule has 2 rings (SSSR count). The second-order valence-corrected chi connectivity index (χ2v) is 4.79. The number of rotatable bonds is 5. The summed E-state index contributed by atoms with van der Waals surface area (Å²) in [5.74, 6) is -0.104. The maximum Gasteiger partial charge on any atom is 0.265 e. The summed E-state index contributed by atoms with van der Waals surface area (Å²) in [6.45, 7) is 2.11. The molecule has 0 aliphatic heterocycles. The minimum atomic E-state index is -0.104. The van der Waals surface area contributed by atoms with E-state index in [2.05, 4.69) is 21.8 Å². The lowest BCUT2D eigenvalue weighted by Gasteiger charge is -2.17. The minimum Gasteiger partial charge on any atom is -0.344 e. The average molecular weight is 261 g/mol. The van der Waals surface area contributed by atoms with Gasteiger partial charge in [0, 0.05) is 0 Å². The maximum atomic E-state index is 12.0. The molecule has 0 aliphatic carbocycles. The summed E-state index contributed by atoms with van der Waals surface area (Å²) in [5, 5.41) is 6.71. The van der Waals surface area contributed by atoms with Crippen LogP contribution in [0.5, 0.6) is 0 Å². The van der Waals surface area contributed by atoms with Crippen LogP contribution in [0.1, 0.15) is 41.0 Å². The quantitative estimate of drug-likeness (QED) is 0.900. The monoisotopic (exact) mass is 261 g/mol. The summed E-state index contributed by atoms with van der Waals surface area (Å²) in [4.78, 5) is 12.5. The van der Waals surface area contributed by atoms with Gasteiger partial charge in [-0.3, -0.25) is 4.79 Å². The van der Waals surface area contributed by atoms with E-state index in [9.17, 15) is 4.79 Å². The van der Waals surface area contributed by atoms with Crippen LogP contribution < -0.4 is 5.32 Å². The van der Waals surface area contributed by atoms with Crippen molar-refractivity contribution in [3.05, 3.63) is 47.0 Å². The Labute approximate surface area is 110 Å². The molecule has 1 heterocycles. The van der Waals surface area contributed by atoms with E-state index in [0.29, 0.717) is 4.88 Å². The third kappa shape index (κ3) is 3.13. The molecule has 0 aliphatic rings. The van der Waals surface area contributed by atoms with Crippen molar-refractivity contribution in [2.45, 2.75) is 25.8 Å². The fraction of sp³-hybridized carbons (Fsp3) is 0.308. The maximum absolute atomic E-state index is 12.0. The van der Waals surface area contributed by atoms with E-state index < -0.39 is 0 Å². The van der Waals surface area contributed by atoms with Crippen molar-refractivity contribution < 1.29 is 4.79 Å². The molecule has 2 aromatic rings. The van der Waals surface area contributed by atoms with Gasteiger partial charge in [0.2, 0.25) is 0 Å². The number of carbonyl (C=O) groups excluding carboxylic acids is 1. The summed E-state index contributed by atoms with van der Waals surface area (Å²) < 4.78 is 3.70. The van der Waals surface area contributed by atoms with Gasteiger partial charge in [0.25, 0.3) is 5.91 Å². The molecule has 0 fully saturated rings. The first kappa shape index (κ1) is 12.7. The highest BCUT2D eigenvalue weighted by molar-refractivity contribution is 7.07. The van der Waals surface area contributed by atoms with Gasteiger partial charge in [0.1, 0.15) is 4.88 Å². The molecule has 0 spiro atoms. The van der Waals surface area contributed by atoms with Crippen LogP contribution >= 0.6 is 11.5 Å². The van der Waals surface area contributed by atoms with Crippen molar-refractivity contribution in [3.8, 4) is 0 Å². The first-order valence-corrected chi connectivity index (χ1v) is 6.71. The molecule has 0 radical (unpaired) electrons. The van der Waals surface area contributed by atoms with Crippen molar-refractivity contribution >= 4 is 17.4 Å². The Hall–Kier alpha value is -1.75. The number of amides is 1. The molecule has 1 amide bonds. The number of benzene rings is 1. The van der Waals surface area contributed by atoms with E-state index in [1.54, 1.807) is 0 Å². The van der Waals surface area contributed by atoms with Crippen molar-refractivity contribution in [2.75, 3.05) is 0 Å². The van der Waals surface area contributed by atoms with Gasteiger partial charge in [-0.2, -0.15) is 0 Å². The molecule has 0 saturated heterocycles. The fourth-order valence-electron chi connectivity index (χ4n) is 1.79. The molecule has 1 aromatic heterocycles. The lowest BCUT2D eigenvalue weighted by molar-refractivity contribution is 0.0938. The Morgan fingerprint density at radius 1 is 1.39 bits per heavy atom. The molecular weight excluding hydrogens is 246 g/mol. The average Bonchev–Trinajstić information content (AvgIpc) is 2.93. The molecule has 5 heteroatoms. The lowest BCUT2D eigenvalue weighted by atomic mass is 10.0. The number of aromatic nitrogens is 2. The Bertz CT molecular complexity index is 484. The van der Waals surface area contributed by atoms with Crippen LogP contribution in [0, 0.1) is 0 Å². The first-order valence-electron chi connectivity index (χ1n) is 5.94. The summed E-state index contributed by atoms with van der Waals surface area (Å²) >= 11 is 1.11. The van der Waals surface area contributed by atoms with E-state index in [-0.39, 0.29) is 11.9 Å². The van der Waals surface area contributed by atoms with Gasteiger partial charge in [0.15, 0.2) is 0 Å². The zero-order valence-corrected chi connectivity index (χ0v) is 11.0. The van der Waals surface area contributed by atoms with Crippen LogP contribution in [0.25, 0.3) is 0 Å². The summed E-state index contributed by atoms with van der Waals surface area (Å²) in [6, 6.07) is 10.1. The summed E-state index contributed by atoms with van der Waals surface area (Å²) in [7, 11) is 0. The smallest absolute Gasteiger partial charge is 0.265 e. The van der Waals surface area contributed by atoms with E-state index in [0.717, 1.165) is 29.9 Å². The molecule has 0 saturated carbocycles. The number of nitrogens with one attached hydrogen (secondary N) is 1. The predicted octanol–water partition coefficient (Wildman–Crippen LogP) is 2.81. The zero-order chi connectivity index (χ0) is 12.8. The largest absolute Gasteiger partial charge is 0.344 e. The predicted molar refractivity (Wildman–Crippen MR) is 71.5 cm³/mol. The number of hydrogen-bond acceptors (Lipinski definition) is 4. The molecule has 0 bridgehead atoms. The van der Waals surface area contributed by atoms with Gasteiger partial charge in [-0.05, 0) is 23.5 Å². The van der Waals surface area contributed by atoms with Gasteiger partial charge in [-0.25, -0.2) is 0 Å². The van der Waals surface area contributed by atoms with Gasteiger partial charge < -0.3 is 5.32 Å². The van der Waals surface area contributed by atoms with E-state index in [1.165, 1.54) is 6.20 Å². The van der Waals surface area contributed by atoms with Crippen LogP contribution in [0.15, 0.2) is 36.5 Å². The highest BCUT2D eigenvalue weighted by Crippen LogP contribution is 2.19. The molecule has 0 unspecified atom stereocenters. The highest BCUT2D eigenvalue weighted by atomic mass is 32.1. The molecule has 1 atom stereocenters. The Morgan fingerprint density at radius 2 is 2.17 bits per heavy atom. The van der Waals surface area contributed by atoms with Crippen LogP contribution in [0.2, 0.25) is 0 Å². The van der Waals surface area contributed by atoms with E-state index >= 15 is 0 Å². The van der Waals surface area contributed by atoms with Crippen molar-refractivity contribution in [1.29, 1.82) is 0 Å². The minimum absolute atomic E-state index is 0.0470. The van der Waals surface area contributed by atoms with Gasteiger partial charge in [0.05, 0.1) is 12.2 Å². The van der Waals surface area contributed by atoms with E-state index in [1.807, 2.05) is 30.3 Å². The van der Waals surface area contributed by atoms with Crippen molar-refractivity contribution in [2.24, 2.45) is 0 Å². The van der Waals surface area contributed by atoms with Crippen LogP contribution in [0.3, 0.4) is 0 Å². The molecule has 4 nitrogen and oxygen atoms in total. The number of carbonyl (C=O) groups is 1. The highest BCUT2D eigenvalue weighted by Gasteiger charge is 2.16. The van der Waals surface area contributed by atoms with Gasteiger partial charge in [-0.15, -0.1) is 5.10 Å². The van der Waals surface area contributed by atoms with Gasteiger partial charge >= 0.3 is 0 Å². The van der Waals surface area contributed by atoms with Crippen molar-refractivity contribution in [1.82, 2.24) is 14.9 Å². The molecule has 94 valence electrons. The van der Waals surface area contributed by atoms with E-state index in [4.69, 9.17) is 0 Å². The molecular formula is C13H15N3OS. The van der Waals surface area contributed by atoms with Gasteiger partial charge in [-0.1, -0.05) is 48.2 Å². The Balaban J connectivity index is 2.10. The third-order valence-corrected chi connectivity index (χ3v) is 3.33.